The minimum Gasteiger partial charge on any atom is -0.495 e. The van der Waals surface area contributed by atoms with Crippen molar-refractivity contribution >= 4 is 51.6 Å². The maximum Gasteiger partial charge on any atom is 0.259 e. The summed E-state index contributed by atoms with van der Waals surface area (Å²) in [7, 11) is 3.25. The number of fused-ring (bicyclic) bond motifs is 1. The summed E-state index contributed by atoms with van der Waals surface area (Å²) in [4.78, 5) is 20.9. The van der Waals surface area contributed by atoms with Gasteiger partial charge in [0.05, 0.1) is 23.4 Å². The number of nitrogens with one attached hydrogen (secondary N) is 1. The summed E-state index contributed by atoms with van der Waals surface area (Å²) in [6, 6.07) is 1.70. The van der Waals surface area contributed by atoms with Crippen LogP contribution in [0.4, 0.5) is 11.5 Å². The van der Waals surface area contributed by atoms with E-state index in [1.807, 2.05) is 0 Å². The molecule has 130 valence electrons. The number of hydrogen-bond acceptors (Lipinski definition) is 5. The highest BCUT2D eigenvalue weighted by Crippen LogP contribution is 2.40. The molecule has 1 amide bonds. The van der Waals surface area contributed by atoms with E-state index in [2.05, 4.69) is 15.3 Å². The SMILES string of the molecule is COc1cc(C)c(Cl)c(NC(=O)c2cn(C)c3c(N)ncnc23)c1Cl. The lowest BCUT2D eigenvalue weighted by Gasteiger charge is -2.14. The van der Waals surface area contributed by atoms with Crippen LogP contribution in [0.25, 0.3) is 11.0 Å². The van der Waals surface area contributed by atoms with Crippen LogP contribution < -0.4 is 15.8 Å². The van der Waals surface area contributed by atoms with Crippen molar-refractivity contribution in [3.63, 3.8) is 0 Å². The third-order valence-corrected chi connectivity index (χ3v) is 4.70. The second-order valence-corrected chi connectivity index (χ2v) is 6.22. The zero-order valence-electron chi connectivity index (χ0n) is 13.7. The minimum absolute atomic E-state index is 0.223. The number of amides is 1. The summed E-state index contributed by atoms with van der Waals surface area (Å²) in [5.74, 6) is 0.295. The van der Waals surface area contributed by atoms with E-state index in [0.717, 1.165) is 5.56 Å². The van der Waals surface area contributed by atoms with E-state index in [9.17, 15) is 4.79 Å². The Bertz CT molecular complexity index is 1000. The number of methoxy groups -OCH3 is 1. The van der Waals surface area contributed by atoms with Gasteiger partial charge in [-0.2, -0.15) is 0 Å². The molecule has 0 unspecified atom stereocenters. The first-order chi connectivity index (χ1) is 11.8. The van der Waals surface area contributed by atoms with E-state index in [0.29, 0.717) is 33.2 Å². The smallest absolute Gasteiger partial charge is 0.259 e. The molecule has 2 aromatic heterocycles. The van der Waals surface area contributed by atoms with Crippen molar-refractivity contribution in [2.24, 2.45) is 7.05 Å². The third-order valence-electron chi connectivity index (χ3n) is 3.83. The van der Waals surface area contributed by atoms with Gasteiger partial charge < -0.3 is 20.4 Å². The summed E-state index contributed by atoms with van der Waals surface area (Å²) < 4.78 is 6.91. The van der Waals surface area contributed by atoms with Crippen molar-refractivity contribution in [3.05, 3.63) is 39.8 Å². The van der Waals surface area contributed by atoms with Crippen molar-refractivity contribution in [2.75, 3.05) is 18.2 Å². The van der Waals surface area contributed by atoms with Crippen LogP contribution in [0.2, 0.25) is 10.0 Å². The number of carbonyl (C=O) groups excluding carboxylic acids is 1. The predicted octanol–water partition coefficient (Wildman–Crippen LogP) is 3.43. The number of ether oxygens (including phenoxy) is 1. The summed E-state index contributed by atoms with van der Waals surface area (Å²) in [6.45, 7) is 1.79. The summed E-state index contributed by atoms with van der Waals surface area (Å²) in [5.41, 5.74) is 8.23. The van der Waals surface area contributed by atoms with Crippen LogP contribution in [0.3, 0.4) is 0 Å². The van der Waals surface area contributed by atoms with Gasteiger partial charge in [0.15, 0.2) is 5.82 Å². The zero-order valence-corrected chi connectivity index (χ0v) is 15.2. The highest BCUT2D eigenvalue weighted by Gasteiger charge is 2.21. The Labute approximate surface area is 153 Å². The number of nitrogens with two attached hydrogens (primary N) is 1. The molecule has 2 heterocycles. The average Bonchev–Trinajstić information content (AvgIpc) is 2.93. The molecule has 0 radical (unpaired) electrons. The Balaban J connectivity index is 2.08. The Morgan fingerprint density at radius 1 is 1.32 bits per heavy atom. The monoisotopic (exact) mass is 379 g/mol. The fourth-order valence-electron chi connectivity index (χ4n) is 2.60. The van der Waals surface area contributed by atoms with Gasteiger partial charge in [0.1, 0.15) is 28.1 Å². The molecule has 0 aliphatic carbocycles. The number of carbonyl (C=O) groups is 1. The molecule has 7 nitrogen and oxygen atoms in total. The van der Waals surface area contributed by atoms with E-state index in [-0.39, 0.29) is 10.7 Å². The van der Waals surface area contributed by atoms with Crippen molar-refractivity contribution < 1.29 is 9.53 Å². The Kier molecular flexibility index (Phi) is 4.45. The molecule has 3 N–H and O–H groups in total. The van der Waals surface area contributed by atoms with Gasteiger partial charge >= 0.3 is 0 Å². The molecule has 3 aromatic rings. The fourth-order valence-corrected chi connectivity index (χ4v) is 3.12. The largest absolute Gasteiger partial charge is 0.495 e. The molecular weight excluding hydrogens is 365 g/mol. The van der Waals surface area contributed by atoms with Crippen molar-refractivity contribution in [3.8, 4) is 5.75 Å². The molecule has 0 atom stereocenters. The standard InChI is InChI=1S/C16H15Cl2N5O2/c1-7-4-9(25-3)11(18)13(10(7)17)22-16(24)8-5-23(2)14-12(8)20-6-21-15(14)19/h4-6H,1-3H3,(H,22,24)(H2,19,20,21). The summed E-state index contributed by atoms with van der Waals surface area (Å²) in [5, 5.41) is 3.30. The number of benzene rings is 1. The van der Waals surface area contributed by atoms with Crippen molar-refractivity contribution in [2.45, 2.75) is 6.92 Å². The van der Waals surface area contributed by atoms with Crippen LogP contribution in [0.5, 0.6) is 5.75 Å². The predicted molar refractivity (Wildman–Crippen MR) is 98.6 cm³/mol. The minimum atomic E-state index is -0.417. The molecule has 3 rings (SSSR count). The first-order valence-corrected chi connectivity index (χ1v) is 8.00. The highest BCUT2D eigenvalue weighted by atomic mass is 35.5. The van der Waals surface area contributed by atoms with Crippen LogP contribution in [-0.4, -0.2) is 27.6 Å². The quantitative estimate of drug-likeness (QED) is 0.726. The molecule has 0 spiro atoms. The van der Waals surface area contributed by atoms with Gasteiger partial charge in [-0.25, -0.2) is 9.97 Å². The number of aromatic nitrogens is 3. The van der Waals surface area contributed by atoms with E-state index in [1.54, 1.807) is 30.8 Å². The van der Waals surface area contributed by atoms with Gasteiger partial charge in [0.25, 0.3) is 5.91 Å². The summed E-state index contributed by atoms with van der Waals surface area (Å²) >= 11 is 12.6. The van der Waals surface area contributed by atoms with Crippen molar-refractivity contribution in [1.29, 1.82) is 0 Å². The molecule has 0 aliphatic rings. The summed E-state index contributed by atoms with van der Waals surface area (Å²) in [6.07, 6.45) is 2.93. The average molecular weight is 380 g/mol. The Morgan fingerprint density at radius 3 is 2.72 bits per heavy atom. The maximum absolute atomic E-state index is 12.8. The first kappa shape index (κ1) is 17.3. The Hall–Kier alpha value is -2.51. The second kappa shape index (κ2) is 6.42. The van der Waals surface area contributed by atoms with Gasteiger partial charge in [0.2, 0.25) is 0 Å². The normalized spacial score (nSPS) is 10.9. The lowest BCUT2D eigenvalue weighted by atomic mass is 10.2. The molecule has 0 bridgehead atoms. The molecule has 25 heavy (non-hydrogen) atoms. The van der Waals surface area contributed by atoms with Gasteiger partial charge in [-0.15, -0.1) is 0 Å². The number of aryl methyl sites for hydroxylation is 2. The third kappa shape index (κ3) is 2.85. The molecule has 0 fully saturated rings. The molecule has 1 aromatic carbocycles. The number of nitrogens with zero attached hydrogens (tertiary/aromatic N) is 3. The molecule has 9 heteroatoms. The van der Waals surface area contributed by atoms with Crippen LogP contribution in [0.1, 0.15) is 15.9 Å². The van der Waals surface area contributed by atoms with Crippen LogP contribution in [0, 0.1) is 6.92 Å². The molecule has 0 aliphatic heterocycles. The van der Waals surface area contributed by atoms with E-state index < -0.39 is 5.91 Å². The van der Waals surface area contributed by atoms with Gasteiger partial charge in [-0.1, -0.05) is 23.2 Å². The van der Waals surface area contributed by atoms with Gasteiger partial charge in [-0.3, -0.25) is 4.79 Å². The zero-order chi connectivity index (χ0) is 18.3. The fraction of sp³-hybridized carbons (Fsp3) is 0.188. The number of anilines is 2. The van der Waals surface area contributed by atoms with Gasteiger partial charge in [-0.05, 0) is 18.6 Å². The van der Waals surface area contributed by atoms with E-state index in [4.69, 9.17) is 33.7 Å². The topological polar surface area (TPSA) is 95.1 Å². The maximum atomic E-state index is 12.8. The lowest BCUT2D eigenvalue weighted by Crippen LogP contribution is -2.13. The second-order valence-electron chi connectivity index (χ2n) is 5.46. The molecule has 0 saturated carbocycles. The number of rotatable bonds is 3. The van der Waals surface area contributed by atoms with Crippen LogP contribution in [0.15, 0.2) is 18.6 Å². The van der Waals surface area contributed by atoms with Crippen LogP contribution >= 0.6 is 23.2 Å². The first-order valence-electron chi connectivity index (χ1n) is 7.24. The van der Waals surface area contributed by atoms with Crippen molar-refractivity contribution in [1.82, 2.24) is 14.5 Å². The molecule has 0 saturated heterocycles. The van der Waals surface area contributed by atoms with E-state index >= 15 is 0 Å². The van der Waals surface area contributed by atoms with Gasteiger partial charge in [0, 0.05) is 13.2 Å². The molecular formula is C16H15Cl2N5O2. The van der Waals surface area contributed by atoms with Crippen LogP contribution in [-0.2, 0) is 7.05 Å². The highest BCUT2D eigenvalue weighted by molar-refractivity contribution is 6.41. The Morgan fingerprint density at radius 2 is 2.04 bits per heavy atom. The lowest BCUT2D eigenvalue weighted by molar-refractivity contribution is 0.102. The number of halogens is 2. The van der Waals surface area contributed by atoms with E-state index in [1.165, 1.54) is 13.4 Å². The number of hydrogen-bond donors (Lipinski definition) is 2. The number of nitrogen functional groups attached to an aromatic ring is 1.